The third-order valence-electron chi connectivity index (χ3n) is 6.36. The van der Waals surface area contributed by atoms with E-state index in [0.717, 1.165) is 33.3 Å². The Morgan fingerprint density at radius 2 is 1.42 bits per heavy atom. The molecule has 0 saturated carbocycles. The molecule has 0 amide bonds. The Kier molecular flexibility index (Phi) is 4.45. The van der Waals surface area contributed by atoms with E-state index < -0.39 is 8.07 Å². The van der Waals surface area contributed by atoms with Gasteiger partial charge in [0.15, 0.2) is 5.58 Å². The first-order valence-corrected chi connectivity index (χ1v) is 14.8. The topological polar surface area (TPSA) is 38.9 Å². The van der Waals surface area contributed by atoms with Crippen molar-refractivity contribution in [2.24, 2.45) is 0 Å². The van der Waals surface area contributed by atoms with Gasteiger partial charge in [-0.3, -0.25) is 0 Å². The molecule has 4 heteroatoms. The molecule has 4 aromatic carbocycles. The fourth-order valence-electron chi connectivity index (χ4n) is 4.57. The third kappa shape index (κ3) is 3.34. The fourth-order valence-corrected chi connectivity index (χ4v) is 5.73. The van der Waals surface area contributed by atoms with Crippen LogP contribution < -0.4 is 5.19 Å². The number of hydrogen-bond acceptors (Lipinski definition) is 3. The first kappa shape index (κ1) is 19.9. The molecule has 0 saturated heterocycles. The van der Waals surface area contributed by atoms with Gasteiger partial charge in [-0.05, 0) is 46.2 Å². The number of para-hydroxylation sites is 1. The summed E-state index contributed by atoms with van der Waals surface area (Å²) in [4.78, 5) is 9.19. The predicted molar refractivity (Wildman–Crippen MR) is 141 cm³/mol. The van der Waals surface area contributed by atoms with Gasteiger partial charge in [0.05, 0.1) is 8.07 Å². The number of hydrogen-bond donors (Lipinski definition) is 0. The number of aromatic nitrogens is 2. The normalized spacial score (nSPS) is 12.1. The zero-order valence-corrected chi connectivity index (χ0v) is 20.0. The van der Waals surface area contributed by atoms with Gasteiger partial charge in [0, 0.05) is 10.9 Å². The molecule has 160 valence electrons. The minimum absolute atomic E-state index is 0.731. The Balaban J connectivity index is 1.60. The summed E-state index contributed by atoms with van der Waals surface area (Å²) >= 11 is 0. The molecule has 33 heavy (non-hydrogen) atoms. The summed E-state index contributed by atoms with van der Waals surface area (Å²) in [6.07, 6.45) is 1.64. The van der Waals surface area contributed by atoms with Crippen LogP contribution in [0.1, 0.15) is 0 Å². The van der Waals surface area contributed by atoms with Crippen LogP contribution in [0.4, 0.5) is 0 Å². The summed E-state index contributed by atoms with van der Waals surface area (Å²) in [6, 6.07) is 30.1. The lowest BCUT2D eigenvalue weighted by molar-refractivity contribution is 0.667. The molecule has 0 radical (unpaired) electrons. The summed E-state index contributed by atoms with van der Waals surface area (Å²) in [5.74, 6) is 0. The van der Waals surface area contributed by atoms with Crippen molar-refractivity contribution in [1.29, 1.82) is 0 Å². The minimum atomic E-state index is -1.35. The summed E-state index contributed by atoms with van der Waals surface area (Å²) < 4.78 is 6.23. The molecule has 0 aliphatic rings. The standard InChI is InChI=1S/C29H24N2OSi/c1-33(2,3)22-14-12-19(13-15-22)25-17-21(16-20-8-4-5-9-23(20)25)27-29-28(31-18-30-27)24-10-6-7-11-26(24)32-29/h4-18H,1-3H3. The van der Waals surface area contributed by atoms with Gasteiger partial charge < -0.3 is 4.42 Å². The second-order valence-electron chi connectivity index (χ2n) is 9.57. The van der Waals surface area contributed by atoms with E-state index in [1.807, 2.05) is 24.3 Å². The van der Waals surface area contributed by atoms with Crippen molar-refractivity contribution in [3.05, 3.63) is 91.3 Å². The van der Waals surface area contributed by atoms with Crippen LogP contribution in [0.15, 0.2) is 95.7 Å². The van der Waals surface area contributed by atoms with Crippen LogP contribution in [-0.4, -0.2) is 18.0 Å². The van der Waals surface area contributed by atoms with Gasteiger partial charge in [0.25, 0.3) is 0 Å². The Bertz CT molecular complexity index is 1640. The van der Waals surface area contributed by atoms with Gasteiger partial charge in [-0.25, -0.2) is 9.97 Å². The Labute approximate surface area is 193 Å². The molecule has 0 aliphatic carbocycles. The first-order chi connectivity index (χ1) is 16.0. The maximum absolute atomic E-state index is 6.23. The zero-order chi connectivity index (χ0) is 22.6. The maximum atomic E-state index is 6.23. The molecule has 0 aliphatic heterocycles. The first-order valence-electron chi connectivity index (χ1n) is 11.3. The van der Waals surface area contributed by atoms with Crippen molar-refractivity contribution >= 4 is 46.1 Å². The molecule has 2 heterocycles. The van der Waals surface area contributed by atoms with E-state index in [1.54, 1.807) is 6.33 Å². The van der Waals surface area contributed by atoms with Crippen LogP contribution in [-0.2, 0) is 0 Å². The summed E-state index contributed by atoms with van der Waals surface area (Å²) in [6.45, 7) is 7.14. The molecule has 0 spiro atoms. The summed E-state index contributed by atoms with van der Waals surface area (Å²) in [5.41, 5.74) is 6.68. The van der Waals surface area contributed by atoms with E-state index in [2.05, 4.69) is 90.3 Å². The molecule has 0 atom stereocenters. The van der Waals surface area contributed by atoms with Gasteiger partial charge in [0.2, 0.25) is 0 Å². The summed E-state index contributed by atoms with van der Waals surface area (Å²) in [7, 11) is -1.35. The Morgan fingerprint density at radius 3 is 2.21 bits per heavy atom. The molecule has 0 fully saturated rings. The van der Waals surface area contributed by atoms with Crippen molar-refractivity contribution in [3.63, 3.8) is 0 Å². The van der Waals surface area contributed by atoms with Gasteiger partial charge >= 0.3 is 0 Å². The number of furan rings is 1. The SMILES string of the molecule is C[Si](C)(C)c1ccc(-c2cc(-c3ncnc4c3oc3ccccc34)cc3ccccc23)cc1. The lowest BCUT2D eigenvalue weighted by Gasteiger charge is -2.17. The van der Waals surface area contributed by atoms with Crippen molar-refractivity contribution in [3.8, 4) is 22.4 Å². The monoisotopic (exact) mass is 444 g/mol. The Hall–Kier alpha value is -3.76. The molecular formula is C29H24N2OSi. The molecule has 3 nitrogen and oxygen atoms in total. The lowest BCUT2D eigenvalue weighted by atomic mass is 9.94. The van der Waals surface area contributed by atoms with E-state index >= 15 is 0 Å². The average Bonchev–Trinajstić information content (AvgIpc) is 3.22. The van der Waals surface area contributed by atoms with E-state index in [4.69, 9.17) is 4.42 Å². The van der Waals surface area contributed by atoms with Crippen LogP contribution in [0.3, 0.4) is 0 Å². The quantitative estimate of drug-likeness (QED) is 0.267. The highest BCUT2D eigenvalue weighted by atomic mass is 28.3. The van der Waals surface area contributed by atoms with Crippen LogP contribution in [0.5, 0.6) is 0 Å². The number of nitrogens with zero attached hydrogens (tertiary/aromatic N) is 2. The summed E-state index contributed by atoms with van der Waals surface area (Å²) in [5, 5.41) is 4.89. The van der Waals surface area contributed by atoms with Gasteiger partial charge in [-0.2, -0.15) is 0 Å². The molecule has 6 rings (SSSR count). The van der Waals surface area contributed by atoms with Crippen LogP contribution in [0, 0.1) is 0 Å². The second-order valence-corrected chi connectivity index (χ2v) is 14.6. The third-order valence-corrected chi connectivity index (χ3v) is 8.42. The Morgan fingerprint density at radius 1 is 0.697 bits per heavy atom. The van der Waals surface area contributed by atoms with Crippen LogP contribution in [0.2, 0.25) is 19.6 Å². The second kappa shape index (κ2) is 7.39. The fraction of sp³-hybridized carbons (Fsp3) is 0.103. The molecule has 0 bridgehead atoms. The van der Waals surface area contributed by atoms with E-state index in [-0.39, 0.29) is 0 Å². The van der Waals surface area contributed by atoms with Crippen LogP contribution in [0.25, 0.3) is 55.2 Å². The number of rotatable bonds is 3. The van der Waals surface area contributed by atoms with Gasteiger partial charge in [0.1, 0.15) is 23.1 Å². The van der Waals surface area contributed by atoms with E-state index in [9.17, 15) is 0 Å². The van der Waals surface area contributed by atoms with Crippen molar-refractivity contribution in [2.75, 3.05) is 0 Å². The molecular weight excluding hydrogens is 420 g/mol. The molecule has 0 N–H and O–H groups in total. The highest BCUT2D eigenvalue weighted by molar-refractivity contribution is 6.88. The zero-order valence-electron chi connectivity index (χ0n) is 19.0. The average molecular weight is 445 g/mol. The molecule has 6 aromatic rings. The maximum Gasteiger partial charge on any atom is 0.180 e. The largest absolute Gasteiger partial charge is 0.452 e. The van der Waals surface area contributed by atoms with Crippen LogP contribution >= 0.6 is 0 Å². The van der Waals surface area contributed by atoms with E-state index in [0.29, 0.717) is 0 Å². The lowest BCUT2D eigenvalue weighted by Crippen LogP contribution is -2.37. The predicted octanol–water partition coefficient (Wildman–Crippen LogP) is 7.41. The number of benzene rings is 4. The van der Waals surface area contributed by atoms with Gasteiger partial charge in [-0.1, -0.05) is 85.5 Å². The minimum Gasteiger partial charge on any atom is -0.452 e. The van der Waals surface area contributed by atoms with Crippen molar-refractivity contribution in [2.45, 2.75) is 19.6 Å². The molecule has 0 unspecified atom stereocenters. The number of fused-ring (bicyclic) bond motifs is 4. The highest BCUT2D eigenvalue weighted by Gasteiger charge is 2.18. The smallest absolute Gasteiger partial charge is 0.180 e. The van der Waals surface area contributed by atoms with Crippen molar-refractivity contribution < 1.29 is 4.42 Å². The highest BCUT2D eigenvalue weighted by Crippen LogP contribution is 2.37. The van der Waals surface area contributed by atoms with Gasteiger partial charge in [-0.15, -0.1) is 0 Å². The van der Waals surface area contributed by atoms with E-state index in [1.165, 1.54) is 27.1 Å². The van der Waals surface area contributed by atoms with Crippen molar-refractivity contribution in [1.82, 2.24) is 9.97 Å². The molecule has 2 aromatic heterocycles.